The number of carbonyl (C=O) groups is 1. The Bertz CT molecular complexity index is 597. The number of para-hydroxylation sites is 1. The van der Waals surface area contributed by atoms with Crippen LogP contribution in [0.2, 0.25) is 0 Å². The average Bonchev–Trinajstić information content (AvgIpc) is 2.60. The molecule has 0 fully saturated rings. The Morgan fingerprint density at radius 1 is 1.04 bits per heavy atom. The predicted molar refractivity (Wildman–Crippen MR) is 95.1 cm³/mol. The number of benzene rings is 2. The molecule has 2 rings (SSSR count). The van der Waals surface area contributed by atoms with Gasteiger partial charge in [-0.05, 0) is 43.2 Å². The van der Waals surface area contributed by atoms with Crippen molar-refractivity contribution in [2.75, 3.05) is 29.9 Å². The monoisotopic (exact) mass is 312 g/mol. The lowest BCUT2D eigenvalue weighted by Crippen LogP contribution is -2.28. The van der Waals surface area contributed by atoms with Crippen molar-refractivity contribution in [1.82, 2.24) is 0 Å². The molecule has 1 N–H and O–H groups in total. The topological polar surface area (TPSA) is 41.6 Å². The number of likely N-dealkylation sites (N-methyl/N-ethyl adjacent to an activating group) is 1. The van der Waals surface area contributed by atoms with Crippen LogP contribution in [-0.2, 0) is 11.2 Å². The number of hydrogen-bond acceptors (Lipinski definition) is 3. The van der Waals surface area contributed by atoms with Gasteiger partial charge >= 0.3 is 6.09 Å². The van der Waals surface area contributed by atoms with Crippen molar-refractivity contribution in [3.63, 3.8) is 0 Å². The molecular weight excluding hydrogens is 288 g/mol. The second-order valence-electron chi connectivity index (χ2n) is 5.23. The Morgan fingerprint density at radius 2 is 1.74 bits per heavy atom. The van der Waals surface area contributed by atoms with E-state index in [1.807, 2.05) is 30.3 Å². The number of rotatable bonds is 7. The van der Waals surface area contributed by atoms with E-state index in [1.54, 1.807) is 0 Å². The first-order valence-electron chi connectivity index (χ1n) is 8.05. The molecule has 122 valence electrons. The fourth-order valence-corrected chi connectivity index (χ4v) is 2.34. The van der Waals surface area contributed by atoms with Crippen molar-refractivity contribution in [3.8, 4) is 0 Å². The molecule has 2 aromatic carbocycles. The van der Waals surface area contributed by atoms with Gasteiger partial charge < -0.3 is 9.64 Å². The number of anilines is 2. The lowest BCUT2D eigenvalue weighted by atomic mass is 10.1. The maximum Gasteiger partial charge on any atom is 0.411 e. The van der Waals surface area contributed by atoms with E-state index in [1.165, 1.54) is 5.56 Å². The molecule has 1 amide bonds. The van der Waals surface area contributed by atoms with Crippen molar-refractivity contribution < 1.29 is 9.53 Å². The lowest BCUT2D eigenvalue weighted by Gasteiger charge is -2.23. The molecule has 0 atom stereocenters. The SMILES string of the molecule is CCc1ccc(N(CC)CCOC(=O)Nc2ccccc2)cc1. The highest BCUT2D eigenvalue weighted by Crippen LogP contribution is 2.15. The van der Waals surface area contributed by atoms with Crippen molar-refractivity contribution in [2.45, 2.75) is 20.3 Å². The smallest absolute Gasteiger partial charge is 0.411 e. The third-order valence-corrected chi connectivity index (χ3v) is 3.71. The van der Waals surface area contributed by atoms with Gasteiger partial charge in [-0.3, -0.25) is 5.32 Å². The third kappa shape index (κ3) is 5.33. The normalized spacial score (nSPS) is 10.2. The average molecular weight is 312 g/mol. The van der Waals surface area contributed by atoms with Gasteiger partial charge in [-0.25, -0.2) is 4.79 Å². The summed E-state index contributed by atoms with van der Waals surface area (Å²) >= 11 is 0. The number of nitrogens with one attached hydrogen (secondary N) is 1. The van der Waals surface area contributed by atoms with E-state index in [-0.39, 0.29) is 0 Å². The lowest BCUT2D eigenvalue weighted by molar-refractivity contribution is 0.164. The van der Waals surface area contributed by atoms with Crippen LogP contribution in [0.1, 0.15) is 19.4 Å². The van der Waals surface area contributed by atoms with Crippen molar-refractivity contribution >= 4 is 17.5 Å². The highest BCUT2D eigenvalue weighted by molar-refractivity contribution is 5.84. The summed E-state index contributed by atoms with van der Waals surface area (Å²) in [5.41, 5.74) is 3.21. The molecule has 4 heteroatoms. The molecular formula is C19H24N2O2. The fraction of sp³-hybridized carbons (Fsp3) is 0.316. The Hall–Kier alpha value is -2.49. The van der Waals surface area contributed by atoms with E-state index < -0.39 is 6.09 Å². The first-order chi connectivity index (χ1) is 11.2. The number of carbonyl (C=O) groups excluding carboxylic acids is 1. The molecule has 0 unspecified atom stereocenters. The van der Waals surface area contributed by atoms with Crippen LogP contribution in [0, 0.1) is 0 Å². The number of amides is 1. The highest BCUT2D eigenvalue weighted by Gasteiger charge is 2.07. The van der Waals surface area contributed by atoms with Crippen LogP contribution >= 0.6 is 0 Å². The van der Waals surface area contributed by atoms with Gasteiger partial charge in [-0.15, -0.1) is 0 Å². The van der Waals surface area contributed by atoms with Gasteiger partial charge in [0, 0.05) is 17.9 Å². The molecule has 23 heavy (non-hydrogen) atoms. The molecule has 4 nitrogen and oxygen atoms in total. The fourth-order valence-electron chi connectivity index (χ4n) is 2.34. The van der Waals surface area contributed by atoms with Crippen LogP contribution in [0.25, 0.3) is 0 Å². The van der Waals surface area contributed by atoms with Gasteiger partial charge in [0.25, 0.3) is 0 Å². The van der Waals surface area contributed by atoms with Gasteiger partial charge in [0.2, 0.25) is 0 Å². The van der Waals surface area contributed by atoms with Crippen LogP contribution in [0.4, 0.5) is 16.2 Å². The Labute approximate surface area is 138 Å². The van der Waals surface area contributed by atoms with E-state index in [4.69, 9.17) is 4.74 Å². The van der Waals surface area contributed by atoms with Crippen LogP contribution in [-0.4, -0.2) is 25.8 Å². The van der Waals surface area contributed by atoms with Gasteiger partial charge in [0.05, 0.1) is 6.54 Å². The number of aryl methyl sites for hydroxylation is 1. The summed E-state index contributed by atoms with van der Waals surface area (Å²) in [6, 6.07) is 17.8. The summed E-state index contributed by atoms with van der Waals surface area (Å²) in [7, 11) is 0. The van der Waals surface area contributed by atoms with Gasteiger partial charge in [-0.2, -0.15) is 0 Å². The highest BCUT2D eigenvalue weighted by atomic mass is 16.5. The van der Waals surface area contributed by atoms with Gasteiger partial charge in [-0.1, -0.05) is 37.3 Å². The molecule has 0 aliphatic carbocycles. The summed E-state index contributed by atoms with van der Waals surface area (Å²) in [6.45, 7) is 6.13. The first kappa shape index (κ1) is 16.9. The zero-order chi connectivity index (χ0) is 16.5. The van der Waals surface area contributed by atoms with E-state index >= 15 is 0 Å². The minimum atomic E-state index is -0.423. The maximum atomic E-state index is 11.8. The summed E-state index contributed by atoms with van der Waals surface area (Å²) in [5, 5.41) is 2.71. The summed E-state index contributed by atoms with van der Waals surface area (Å²) in [6.07, 6.45) is 0.614. The quantitative estimate of drug-likeness (QED) is 0.827. The maximum absolute atomic E-state index is 11.8. The summed E-state index contributed by atoms with van der Waals surface area (Å²) < 4.78 is 5.25. The minimum absolute atomic E-state index is 0.349. The van der Waals surface area contributed by atoms with E-state index in [2.05, 4.69) is 48.3 Å². The third-order valence-electron chi connectivity index (χ3n) is 3.71. The zero-order valence-electron chi connectivity index (χ0n) is 13.8. The second-order valence-corrected chi connectivity index (χ2v) is 5.23. The molecule has 0 heterocycles. The largest absolute Gasteiger partial charge is 0.447 e. The Kier molecular flexibility index (Phi) is 6.48. The zero-order valence-corrected chi connectivity index (χ0v) is 13.8. The molecule has 0 aliphatic heterocycles. The Balaban J connectivity index is 1.79. The molecule has 0 spiro atoms. The summed E-state index contributed by atoms with van der Waals surface area (Å²) in [5.74, 6) is 0. The first-order valence-corrected chi connectivity index (χ1v) is 8.05. The van der Waals surface area contributed by atoms with Crippen LogP contribution < -0.4 is 10.2 Å². The number of nitrogens with zero attached hydrogens (tertiary/aromatic N) is 1. The predicted octanol–water partition coefficient (Wildman–Crippen LogP) is 4.32. The van der Waals surface area contributed by atoms with Gasteiger partial charge in [0.1, 0.15) is 6.61 Å². The molecule has 0 saturated heterocycles. The van der Waals surface area contributed by atoms with Crippen molar-refractivity contribution in [1.29, 1.82) is 0 Å². The van der Waals surface area contributed by atoms with E-state index in [0.29, 0.717) is 13.2 Å². The molecule has 0 aromatic heterocycles. The molecule has 0 saturated carbocycles. The van der Waals surface area contributed by atoms with E-state index in [0.717, 1.165) is 24.3 Å². The van der Waals surface area contributed by atoms with Crippen molar-refractivity contribution in [2.24, 2.45) is 0 Å². The van der Waals surface area contributed by atoms with Crippen molar-refractivity contribution in [3.05, 3.63) is 60.2 Å². The standard InChI is InChI=1S/C19H24N2O2/c1-3-16-10-12-18(13-11-16)21(4-2)14-15-23-19(22)20-17-8-6-5-7-9-17/h5-13H,3-4,14-15H2,1-2H3,(H,20,22). The van der Waals surface area contributed by atoms with Crippen LogP contribution in [0.3, 0.4) is 0 Å². The van der Waals surface area contributed by atoms with Crippen LogP contribution in [0.15, 0.2) is 54.6 Å². The van der Waals surface area contributed by atoms with Crippen LogP contribution in [0.5, 0.6) is 0 Å². The molecule has 0 bridgehead atoms. The number of ether oxygens (including phenoxy) is 1. The second kappa shape index (κ2) is 8.83. The van der Waals surface area contributed by atoms with E-state index in [9.17, 15) is 4.79 Å². The molecule has 0 aliphatic rings. The molecule has 0 radical (unpaired) electrons. The number of hydrogen-bond donors (Lipinski definition) is 1. The minimum Gasteiger partial charge on any atom is -0.447 e. The Morgan fingerprint density at radius 3 is 2.35 bits per heavy atom. The van der Waals surface area contributed by atoms with Gasteiger partial charge in [0.15, 0.2) is 0 Å². The summed E-state index contributed by atoms with van der Waals surface area (Å²) in [4.78, 5) is 13.9. The molecule has 2 aromatic rings.